The van der Waals surface area contributed by atoms with Crippen molar-refractivity contribution in [3.63, 3.8) is 0 Å². The Bertz CT molecular complexity index is 649. The maximum Gasteiger partial charge on any atom is 0.154 e. The van der Waals surface area contributed by atoms with Crippen LogP contribution in [0.4, 0.5) is 0 Å². The maximum atomic E-state index is 11.7. The van der Waals surface area contributed by atoms with Crippen LogP contribution >= 0.6 is 0 Å². The first-order valence-electron chi connectivity index (χ1n) is 8.78. The monoisotopic (exact) mass is 352 g/mol. The van der Waals surface area contributed by atoms with Crippen LogP contribution in [-0.2, 0) is 16.4 Å². The molecule has 6 heteroatoms. The largest absolute Gasteiger partial charge is 0.390 e. The number of aliphatic hydroxyl groups excluding tert-OH is 1. The fourth-order valence-corrected chi connectivity index (χ4v) is 5.51. The Labute approximate surface area is 145 Å². The molecule has 2 aliphatic rings. The topological polar surface area (TPSA) is 60.9 Å². The van der Waals surface area contributed by atoms with E-state index in [4.69, 9.17) is 0 Å². The Balaban J connectivity index is 1.52. The molecule has 1 aromatic carbocycles. The van der Waals surface area contributed by atoms with E-state index >= 15 is 0 Å². The van der Waals surface area contributed by atoms with Gasteiger partial charge in [-0.3, -0.25) is 9.80 Å². The van der Waals surface area contributed by atoms with E-state index in [9.17, 15) is 13.5 Å². The van der Waals surface area contributed by atoms with Gasteiger partial charge in [0.25, 0.3) is 0 Å². The number of piperazine rings is 1. The van der Waals surface area contributed by atoms with Gasteiger partial charge in [-0.25, -0.2) is 8.42 Å². The van der Waals surface area contributed by atoms with Crippen molar-refractivity contribution in [2.75, 3.05) is 37.7 Å². The normalized spacial score (nSPS) is 28.5. The van der Waals surface area contributed by atoms with E-state index in [1.807, 2.05) is 0 Å². The molecule has 0 aliphatic carbocycles. The second kappa shape index (κ2) is 7.12. The van der Waals surface area contributed by atoms with Crippen LogP contribution in [0, 0.1) is 0 Å². The first kappa shape index (κ1) is 17.9. The third kappa shape index (κ3) is 4.17. The van der Waals surface area contributed by atoms with E-state index in [0.29, 0.717) is 5.92 Å². The molecule has 0 spiro atoms. The molecule has 0 aromatic heterocycles. The average molecular weight is 353 g/mol. The van der Waals surface area contributed by atoms with Gasteiger partial charge in [0, 0.05) is 32.7 Å². The molecule has 0 saturated carbocycles. The molecule has 2 fully saturated rings. The molecule has 1 aromatic rings. The summed E-state index contributed by atoms with van der Waals surface area (Å²) in [6, 6.07) is 8.60. The van der Waals surface area contributed by atoms with E-state index in [0.717, 1.165) is 32.7 Å². The van der Waals surface area contributed by atoms with Crippen LogP contribution < -0.4 is 0 Å². The number of benzene rings is 1. The molecule has 134 valence electrons. The summed E-state index contributed by atoms with van der Waals surface area (Å²) in [7, 11) is -3.07. The zero-order chi connectivity index (χ0) is 17.3. The van der Waals surface area contributed by atoms with E-state index in [2.05, 4.69) is 47.9 Å². The second-order valence-corrected chi connectivity index (χ2v) is 9.57. The van der Waals surface area contributed by atoms with Gasteiger partial charge in [0.1, 0.15) is 0 Å². The molecule has 24 heavy (non-hydrogen) atoms. The van der Waals surface area contributed by atoms with Crippen LogP contribution in [-0.4, -0.2) is 73.2 Å². The lowest BCUT2D eigenvalue weighted by Crippen LogP contribution is -2.53. The fourth-order valence-electron chi connectivity index (χ4n) is 3.68. The quantitative estimate of drug-likeness (QED) is 0.879. The van der Waals surface area contributed by atoms with Crippen LogP contribution in [0.15, 0.2) is 24.3 Å². The molecule has 2 heterocycles. The number of nitrogens with zero attached hydrogens (tertiary/aromatic N) is 2. The van der Waals surface area contributed by atoms with Gasteiger partial charge in [-0.1, -0.05) is 38.1 Å². The molecule has 0 bridgehead atoms. The highest BCUT2D eigenvalue weighted by Gasteiger charge is 2.40. The van der Waals surface area contributed by atoms with Gasteiger partial charge >= 0.3 is 0 Å². The van der Waals surface area contributed by atoms with Crippen molar-refractivity contribution < 1.29 is 13.5 Å². The van der Waals surface area contributed by atoms with E-state index in [-0.39, 0.29) is 17.5 Å². The predicted molar refractivity (Wildman–Crippen MR) is 95.8 cm³/mol. The molecule has 0 radical (unpaired) electrons. The number of sulfone groups is 1. The van der Waals surface area contributed by atoms with Gasteiger partial charge in [-0.05, 0) is 17.0 Å². The Kier molecular flexibility index (Phi) is 5.30. The third-order valence-corrected chi connectivity index (χ3v) is 6.92. The molecule has 5 nitrogen and oxygen atoms in total. The summed E-state index contributed by atoms with van der Waals surface area (Å²) in [5.74, 6) is 0.571. The molecular formula is C18H28N2O3S. The average Bonchev–Trinajstić information content (AvgIpc) is 2.81. The van der Waals surface area contributed by atoms with Crippen LogP contribution in [0.1, 0.15) is 30.9 Å². The smallest absolute Gasteiger partial charge is 0.154 e. The van der Waals surface area contributed by atoms with Crippen molar-refractivity contribution in [1.82, 2.24) is 9.80 Å². The first-order chi connectivity index (χ1) is 11.3. The molecule has 1 N–H and O–H groups in total. The lowest BCUT2D eigenvalue weighted by molar-refractivity contribution is 0.0424. The highest BCUT2D eigenvalue weighted by Crippen LogP contribution is 2.21. The van der Waals surface area contributed by atoms with Crippen LogP contribution in [0.25, 0.3) is 0 Å². The minimum Gasteiger partial charge on any atom is -0.390 e. The molecule has 0 amide bonds. The fraction of sp³-hybridized carbons (Fsp3) is 0.667. The Morgan fingerprint density at radius 3 is 2.21 bits per heavy atom. The van der Waals surface area contributed by atoms with Crippen molar-refractivity contribution in [2.24, 2.45) is 0 Å². The Morgan fingerprint density at radius 1 is 1.08 bits per heavy atom. The summed E-state index contributed by atoms with van der Waals surface area (Å²) in [4.78, 5) is 4.55. The summed E-state index contributed by atoms with van der Waals surface area (Å²) >= 11 is 0. The van der Waals surface area contributed by atoms with Crippen LogP contribution in [0.2, 0.25) is 0 Å². The molecule has 2 atom stereocenters. The molecule has 2 aliphatic heterocycles. The van der Waals surface area contributed by atoms with Crippen molar-refractivity contribution in [1.29, 1.82) is 0 Å². The molecule has 0 unspecified atom stereocenters. The first-order valence-corrected chi connectivity index (χ1v) is 10.6. The third-order valence-electron chi connectivity index (χ3n) is 5.22. The lowest BCUT2D eigenvalue weighted by Gasteiger charge is -2.38. The number of hydrogen-bond donors (Lipinski definition) is 1. The van der Waals surface area contributed by atoms with Crippen molar-refractivity contribution in [3.05, 3.63) is 35.4 Å². The summed E-state index contributed by atoms with van der Waals surface area (Å²) < 4.78 is 23.4. The molecule has 3 rings (SSSR count). The van der Waals surface area contributed by atoms with E-state index in [1.165, 1.54) is 11.1 Å². The summed E-state index contributed by atoms with van der Waals surface area (Å²) in [6.07, 6.45) is -0.731. The van der Waals surface area contributed by atoms with E-state index < -0.39 is 15.9 Å². The van der Waals surface area contributed by atoms with Gasteiger partial charge < -0.3 is 5.11 Å². The second-order valence-electron chi connectivity index (χ2n) is 7.42. The molecule has 2 saturated heterocycles. The minimum atomic E-state index is -3.07. The minimum absolute atomic E-state index is 0.0833. The maximum absolute atomic E-state index is 11.7. The van der Waals surface area contributed by atoms with Gasteiger partial charge in [0.15, 0.2) is 9.84 Å². The summed E-state index contributed by atoms with van der Waals surface area (Å²) in [5, 5.41) is 10.0. The number of hydrogen-bond acceptors (Lipinski definition) is 5. The van der Waals surface area contributed by atoms with Crippen LogP contribution in [0.5, 0.6) is 0 Å². The summed E-state index contributed by atoms with van der Waals surface area (Å²) in [5.41, 5.74) is 2.68. The zero-order valence-electron chi connectivity index (χ0n) is 14.6. The van der Waals surface area contributed by atoms with Gasteiger partial charge in [-0.2, -0.15) is 0 Å². The number of rotatable bonds is 4. The molecular weight excluding hydrogens is 324 g/mol. The van der Waals surface area contributed by atoms with Gasteiger partial charge in [-0.15, -0.1) is 0 Å². The lowest BCUT2D eigenvalue weighted by atomic mass is 10.0. The van der Waals surface area contributed by atoms with Crippen molar-refractivity contribution in [3.8, 4) is 0 Å². The summed E-state index contributed by atoms with van der Waals surface area (Å²) in [6.45, 7) is 8.79. The highest BCUT2D eigenvalue weighted by atomic mass is 32.2. The highest BCUT2D eigenvalue weighted by molar-refractivity contribution is 7.91. The van der Waals surface area contributed by atoms with E-state index in [1.54, 1.807) is 0 Å². The SMILES string of the molecule is CC(C)c1ccc(CN2CCN([C@H]3CS(=O)(=O)C[C@H]3O)CC2)cc1. The number of aliphatic hydroxyl groups is 1. The Hall–Kier alpha value is -0.950. The van der Waals surface area contributed by atoms with Crippen molar-refractivity contribution in [2.45, 2.75) is 38.5 Å². The standard InChI is InChI=1S/C18H28N2O3S/c1-14(2)16-5-3-15(4-6-16)11-19-7-9-20(10-8-19)17-12-24(22,23)13-18(17)21/h3-6,14,17-18,21H,7-13H2,1-2H3/t17-,18+/m0/s1. The van der Waals surface area contributed by atoms with Crippen LogP contribution in [0.3, 0.4) is 0 Å². The van der Waals surface area contributed by atoms with Gasteiger partial charge in [0.2, 0.25) is 0 Å². The van der Waals surface area contributed by atoms with Gasteiger partial charge in [0.05, 0.1) is 23.7 Å². The van der Waals surface area contributed by atoms with Crippen molar-refractivity contribution >= 4 is 9.84 Å². The Morgan fingerprint density at radius 2 is 1.71 bits per heavy atom. The zero-order valence-corrected chi connectivity index (χ0v) is 15.4. The predicted octanol–water partition coefficient (Wildman–Crippen LogP) is 1.09.